The average Bonchev–Trinajstić information content (AvgIpc) is 3.54. The number of carbonyl (C=O) groups is 8. The first kappa shape index (κ1) is 43.6. The van der Waals surface area contributed by atoms with Crippen molar-refractivity contribution in [3.63, 3.8) is 0 Å². The Bertz CT molecular complexity index is 1670. The summed E-state index contributed by atoms with van der Waals surface area (Å²) in [5, 5.41) is 22.8. The van der Waals surface area contributed by atoms with Crippen molar-refractivity contribution in [3.8, 4) is 0 Å². The summed E-state index contributed by atoms with van der Waals surface area (Å²) in [6.07, 6.45) is 2.55. The number of primary amides is 1. The maximum Gasteiger partial charge on any atom is 0.305 e. The van der Waals surface area contributed by atoms with Gasteiger partial charge < -0.3 is 53.0 Å². The summed E-state index contributed by atoms with van der Waals surface area (Å²) in [6.45, 7) is 2.55. The quantitative estimate of drug-likeness (QED) is 0.102. The van der Waals surface area contributed by atoms with Gasteiger partial charge in [0.05, 0.1) is 13.0 Å². The van der Waals surface area contributed by atoms with E-state index >= 15 is 0 Å². The molecule has 5 atom stereocenters. The summed E-state index contributed by atoms with van der Waals surface area (Å²) >= 11 is 0. The van der Waals surface area contributed by atoms with Crippen LogP contribution in [0.3, 0.4) is 0 Å². The molecule has 1 saturated heterocycles. The van der Waals surface area contributed by atoms with Gasteiger partial charge in [-0.25, -0.2) is 0 Å². The highest BCUT2D eigenvalue weighted by Gasteiger charge is 2.34. The summed E-state index contributed by atoms with van der Waals surface area (Å²) < 4.78 is 0. The van der Waals surface area contributed by atoms with E-state index in [9.17, 15) is 43.5 Å². The van der Waals surface area contributed by atoms with Crippen LogP contribution in [0.25, 0.3) is 10.9 Å². The first-order valence-corrected chi connectivity index (χ1v) is 20.0. The molecule has 1 fully saturated rings. The third-order valence-corrected chi connectivity index (χ3v) is 11.0. The van der Waals surface area contributed by atoms with E-state index in [1.807, 2.05) is 24.3 Å². The molecule has 18 nitrogen and oxygen atoms in total. The molecule has 2 aromatic rings. The number of unbranched alkanes of at least 4 members (excludes halogenated alkanes) is 1. The predicted molar refractivity (Wildman–Crippen MR) is 203 cm³/mol. The average molecular weight is 792 g/mol. The van der Waals surface area contributed by atoms with Crippen molar-refractivity contribution in [1.29, 1.82) is 0 Å². The summed E-state index contributed by atoms with van der Waals surface area (Å²) in [5.41, 5.74) is 12.9. The van der Waals surface area contributed by atoms with Crippen LogP contribution in [0.1, 0.15) is 51.5 Å². The van der Waals surface area contributed by atoms with E-state index in [-0.39, 0.29) is 30.9 Å². The molecule has 0 unspecified atom stereocenters. The Kier molecular flexibility index (Phi) is 17.6. The molecular weight excluding hydrogens is 743 g/mol. The molecule has 54 heavy (non-hydrogen) atoms. The number of para-hydroxylation sites is 1. The van der Waals surface area contributed by atoms with Gasteiger partial charge in [0.1, 0.15) is 30.2 Å². The second-order valence-electron chi connectivity index (χ2n) is 12.7. The fourth-order valence-corrected chi connectivity index (χ4v) is 7.75. The van der Waals surface area contributed by atoms with Crippen LogP contribution in [0.5, 0.6) is 0 Å². The number of nitrogens with two attached hydrogens (primary N) is 2. The molecule has 11 N–H and O–H groups in total. The van der Waals surface area contributed by atoms with Crippen molar-refractivity contribution in [2.24, 2.45) is 11.5 Å². The molecule has 0 aliphatic carbocycles. The lowest BCUT2D eigenvalue weighted by molar-refractivity contribution is -0.144. The lowest BCUT2D eigenvalue weighted by Crippen LogP contribution is -2.59. The lowest BCUT2D eigenvalue weighted by atomic mass is 10.1. The monoisotopic (exact) mass is 791 g/mol. The minimum atomic E-state index is -1.64. The third kappa shape index (κ3) is 13.5. The number of amides is 7. The van der Waals surface area contributed by atoms with E-state index in [0.717, 1.165) is 16.5 Å². The Hall–Kier alpha value is -4.82. The Morgan fingerprint density at radius 2 is 1.63 bits per heavy atom. The van der Waals surface area contributed by atoms with E-state index in [1.165, 1.54) is 40.3 Å². The first-order valence-electron chi connectivity index (χ1n) is 17.5. The van der Waals surface area contributed by atoms with Crippen LogP contribution in [0.2, 0.25) is 0 Å². The number of nitrogens with one attached hydrogen (secondary N) is 6. The first-order chi connectivity index (χ1) is 25.7. The van der Waals surface area contributed by atoms with Crippen molar-refractivity contribution in [1.82, 2.24) is 36.5 Å². The van der Waals surface area contributed by atoms with Crippen LogP contribution in [-0.2, 0) is 44.8 Å². The number of benzene rings is 1. The molecule has 0 spiro atoms. The predicted octanol–water partition coefficient (Wildman–Crippen LogP) is -1.12. The number of aromatic amines is 1. The molecule has 7 amide bonds. The van der Waals surface area contributed by atoms with Crippen LogP contribution < -0.4 is 38.1 Å². The highest BCUT2D eigenvalue weighted by molar-refractivity contribution is 8.76. The lowest BCUT2D eigenvalue weighted by Gasteiger charge is -2.32. The summed E-state index contributed by atoms with van der Waals surface area (Å²) in [7, 11) is 2.45. The zero-order valence-electron chi connectivity index (χ0n) is 30.2. The summed E-state index contributed by atoms with van der Waals surface area (Å²) in [5.74, 6) is -6.31. The fourth-order valence-electron chi connectivity index (χ4n) is 5.58. The molecule has 1 aromatic carbocycles. The number of aromatic nitrogens is 1. The van der Waals surface area contributed by atoms with Gasteiger partial charge in [-0.05, 0) is 57.7 Å². The van der Waals surface area contributed by atoms with Gasteiger partial charge in [0.2, 0.25) is 41.4 Å². The fraction of sp³-hybridized carbons (Fsp3) is 0.529. The largest absolute Gasteiger partial charge is 0.481 e. The molecule has 0 saturated carbocycles. The number of carboxylic acid groups (broad SMARTS) is 1. The molecular formula is C34H49N9O9S2. The topological polar surface area (TPSA) is 288 Å². The minimum absolute atomic E-state index is 0.00111. The zero-order valence-corrected chi connectivity index (χ0v) is 31.8. The van der Waals surface area contributed by atoms with Gasteiger partial charge in [-0.2, -0.15) is 0 Å². The van der Waals surface area contributed by atoms with Crippen LogP contribution in [0.4, 0.5) is 0 Å². The number of nitrogens with zero attached hydrogens (tertiary/aromatic N) is 1. The van der Waals surface area contributed by atoms with E-state index in [1.54, 1.807) is 6.20 Å². The number of H-pyrrole nitrogens is 1. The van der Waals surface area contributed by atoms with Crippen LogP contribution >= 0.6 is 21.6 Å². The number of carboxylic acids is 1. The third-order valence-electron chi connectivity index (χ3n) is 8.60. The van der Waals surface area contributed by atoms with E-state index < -0.39 is 90.5 Å². The van der Waals surface area contributed by atoms with Gasteiger partial charge in [0.25, 0.3) is 0 Å². The molecule has 0 radical (unpaired) electrons. The Labute approximate surface area is 320 Å². The molecule has 20 heteroatoms. The molecule has 0 bridgehead atoms. The van der Waals surface area contributed by atoms with Gasteiger partial charge >= 0.3 is 5.97 Å². The van der Waals surface area contributed by atoms with Gasteiger partial charge in [0, 0.05) is 41.6 Å². The molecule has 3 rings (SSSR count). The van der Waals surface area contributed by atoms with Crippen molar-refractivity contribution >= 4 is 79.8 Å². The Morgan fingerprint density at radius 1 is 0.907 bits per heavy atom. The van der Waals surface area contributed by atoms with Crippen LogP contribution in [0, 0.1) is 0 Å². The van der Waals surface area contributed by atoms with E-state index in [4.69, 9.17) is 11.5 Å². The number of fused-ring (bicyclic) bond motifs is 1. The van der Waals surface area contributed by atoms with Gasteiger partial charge in [-0.15, -0.1) is 0 Å². The molecule has 296 valence electrons. The van der Waals surface area contributed by atoms with Crippen LogP contribution in [-0.4, -0.2) is 124 Å². The summed E-state index contributed by atoms with van der Waals surface area (Å²) in [4.78, 5) is 108. The number of hydrogen-bond donors (Lipinski definition) is 9. The Balaban J connectivity index is 1.89. The van der Waals surface area contributed by atoms with Crippen molar-refractivity contribution in [2.45, 2.75) is 82.6 Å². The van der Waals surface area contributed by atoms with Crippen molar-refractivity contribution in [3.05, 3.63) is 36.0 Å². The second kappa shape index (κ2) is 21.8. The van der Waals surface area contributed by atoms with Gasteiger partial charge in [-0.3, -0.25) is 38.4 Å². The maximum atomic E-state index is 14.0. The van der Waals surface area contributed by atoms with Crippen LogP contribution in [0.15, 0.2) is 30.5 Å². The number of carbonyl (C=O) groups excluding carboxylic acids is 7. The molecule has 1 aliphatic rings. The van der Waals surface area contributed by atoms with E-state index in [0.29, 0.717) is 25.8 Å². The number of rotatable bonds is 10. The molecule has 1 aromatic heterocycles. The number of hydrogen-bond acceptors (Lipinski definition) is 11. The summed E-state index contributed by atoms with van der Waals surface area (Å²) in [6, 6.07) is 1.27. The standard InChI is InChI=1S/C34H49N9O9S2/c1-19-34(52)43(13-10-21-16-37-23-8-4-3-7-22(21)23)20(2)31(49)42-26(30(36)48)18-54-53-14-11-27(44)40-24(9-5-6-12-35)32(50)38-17-28(45)41-25(15-29(46)47)33(51)39-19/h3-4,7-8,16,19-20,24-26,37H,5-6,9-15,17-18,35H2,1-2H3,(H2,36,48)(H,38,50)(H,39,51)(H,40,44)(H,41,45)(H,42,49)(H,46,47)/t19-,20-,24-,25-,26-/m0/s1. The highest BCUT2D eigenvalue weighted by Crippen LogP contribution is 2.23. The van der Waals surface area contributed by atoms with E-state index in [2.05, 4.69) is 31.6 Å². The SMILES string of the molecule is C[C@@H]1NC(=O)[C@H](CC(=O)O)NC(=O)CNC(=O)[C@H](CCCCN)NC(=O)CCSSC[C@@H](C(N)=O)NC(=O)[C@H](C)N(CCc2c[nH]c3ccccc23)C1=O. The normalized spacial score (nSPS) is 23.5. The number of aliphatic carboxylic acids is 1. The smallest absolute Gasteiger partial charge is 0.305 e. The van der Waals surface area contributed by atoms with Gasteiger partial charge in [-0.1, -0.05) is 39.8 Å². The highest BCUT2D eigenvalue weighted by atomic mass is 33.1. The zero-order chi connectivity index (χ0) is 39.8. The maximum absolute atomic E-state index is 14.0. The second-order valence-corrected chi connectivity index (χ2v) is 15.3. The van der Waals surface area contributed by atoms with Crippen molar-refractivity contribution < 1.29 is 43.5 Å². The van der Waals surface area contributed by atoms with Gasteiger partial charge in [0.15, 0.2) is 0 Å². The van der Waals surface area contributed by atoms with Crippen molar-refractivity contribution in [2.75, 3.05) is 31.1 Å². The Morgan fingerprint density at radius 3 is 2.33 bits per heavy atom. The molecule has 1 aliphatic heterocycles. The molecule has 2 heterocycles. The minimum Gasteiger partial charge on any atom is -0.481 e.